The Kier molecular flexibility index (Phi) is 6.79. The second-order valence-corrected chi connectivity index (χ2v) is 7.92. The van der Waals surface area contributed by atoms with Gasteiger partial charge in [0.05, 0.1) is 24.5 Å². The third-order valence-corrected chi connectivity index (χ3v) is 5.38. The van der Waals surface area contributed by atoms with Crippen molar-refractivity contribution < 1.29 is 27.4 Å². The number of nitrogen functional groups attached to an aromatic ring is 1. The van der Waals surface area contributed by atoms with Crippen molar-refractivity contribution in [3.05, 3.63) is 42.9 Å². The Morgan fingerprint density at radius 1 is 0.971 bits per heavy atom. The highest BCUT2D eigenvalue weighted by molar-refractivity contribution is 6.10. The highest BCUT2D eigenvalue weighted by Crippen LogP contribution is 2.37. The maximum atomic E-state index is 12.7. The predicted molar refractivity (Wildman–Crippen MR) is 127 cm³/mol. The molecule has 0 amide bonds. The van der Waals surface area contributed by atoms with Gasteiger partial charge in [0.1, 0.15) is 18.2 Å². The number of rotatable bonds is 8. The zero-order valence-electron chi connectivity index (χ0n) is 19.1. The van der Waals surface area contributed by atoms with Crippen LogP contribution in [0.4, 0.5) is 19.0 Å². The Labute approximate surface area is 199 Å². The quantitative estimate of drug-likeness (QED) is 0.349. The van der Waals surface area contributed by atoms with Gasteiger partial charge in [0.2, 0.25) is 0 Å². The van der Waals surface area contributed by atoms with Crippen molar-refractivity contribution in [2.75, 3.05) is 26.1 Å². The summed E-state index contributed by atoms with van der Waals surface area (Å²) in [6.07, 6.45) is 1.03. The van der Waals surface area contributed by atoms with Crippen LogP contribution in [0.5, 0.6) is 17.2 Å². The van der Waals surface area contributed by atoms with Gasteiger partial charge in [-0.3, -0.25) is 9.97 Å². The van der Waals surface area contributed by atoms with Crippen molar-refractivity contribution in [3.63, 3.8) is 0 Å². The van der Waals surface area contributed by atoms with E-state index in [-0.39, 0.29) is 23.4 Å². The average molecular weight is 487 g/mol. The van der Waals surface area contributed by atoms with Crippen LogP contribution in [-0.2, 0) is 0 Å². The number of halogens is 3. The largest absolute Gasteiger partial charge is 0.493 e. The van der Waals surface area contributed by atoms with E-state index in [2.05, 4.69) is 15.0 Å². The summed E-state index contributed by atoms with van der Waals surface area (Å²) in [5.41, 5.74) is 13.8. The smallest absolute Gasteiger partial charge is 0.422 e. The van der Waals surface area contributed by atoms with E-state index in [1.807, 2.05) is 13.0 Å². The van der Waals surface area contributed by atoms with Gasteiger partial charge in [-0.05, 0) is 30.0 Å². The van der Waals surface area contributed by atoms with Crippen molar-refractivity contribution in [1.82, 2.24) is 15.0 Å². The number of nitrogens with zero attached hydrogens (tertiary/aromatic N) is 3. The maximum absolute atomic E-state index is 12.7. The number of benzene rings is 1. The number of pyridine rings is 3. The Balaban J connectivity index is 1.78. The average Bonchev–Trinajstić information content (AvgIpc) is 2.84. The molecule has 1 atom stereocenters. The van der Waals surface area contributed by atoms with Crippen molar-refractivity contribution >= 4 is 27.5 Å². The molecule has 0 radical (unpaired) electrons. The van der Waals surface area contributed by atoms with E-state index in [1.165, 1.54) is 19.4 Å². The molecule has 3 heterocycles. The summed E-state index contributed by atoms with van der Waals surface area (Å²) >= 11 is 0. The number of hydrogen-bond donors (Lipinski definition) is 2. The molecule has 0 aliphatic carbocycles. The van der Waals surface area contributed by atoms with Crippen LogP contribution in [0.2, 0.25) is 0 Å². The minimum Gasteiger partial charge on any atom is -0.493 e. The number of alkyl halides is 3. The normalized spacial score (nSPS) is 12.6. The van der Waals surface area contributed by atoms with Crippen LogP contribution in [0.15, 0.2) is 42.9 Å². The second kappa shape index (κ2) is 9.79. The molecule has 184 valence electrons. The summed E-state index contributed by atoms with van der Waals surface area (Å²) in [7, 11) is 1.35. The van der Waals surface area contributed by atoms with E-state index in [0.29, 0.717) is 45.3 Å². The Morgan fingerprint density at radius 3 is 2.49 bits per heavy atom. The molecule has 4 N–H and O–H groups in total. The van der Waals surface area contributed by atoms with Crippen LogP contribution >= 0.6 is 0 Å². The fourth-order valence-electron chi connectivity index (χ4n) is 3.48. The summed E-state index contributed by atoms with van der Waals surface area (Å²) in [4.78, 5) is 13.0. The lowest BCUT2D eigenvalue weighted by Crippen LogP contribution is -2.26. The lowest BCUT2D eigenvalue weighted by atomic mass is 10.0. The molecular formula is C24H24F3N5O3. The van der Waals surface area contributed by atoms with Gasteiger partial charge in [0.15, 0.2) is 18.1 Å². The van der Waals surface area contributed by atoms with E-state index in [1.54, 1.807) is 24.5 Å². The number of aromatic nitrogens is 3. The lowest BCUT2D eigenvalue weighted by molar-refractivity contribution is -0.153. The van der Waals surface area contributed by atoms with Crippen LogP contribution in [0.3, 0.4) is 0 Å². The molecule has 11 heteroatoms. The predicted octanol–water partition coefficient (Wildman–Crippen LogP) is 4.49. The van der Waals surface area contributed by atoms with E-state index in [9.17, 15) is 13.2 Å². The standard InChI is InChI=1S/C24H24F3N5O3/c1-3-14(28)11-34-15-4-13(8-30-9-15)19-5-16-17-6-21(33-2)22(35-12-24(25,26)27)7-20(17)31-10-18(16)23(29)32-19/h4-10,14H,3,11-12,28H2,1-2H3,(H2,29,32)/t14-/m0/s1. The van der Waals surface area contributed by atoms with Gasteiger partial charge in [-0.15, -0.1) is 0 Å². The number of fused-ring (bicyclic) bond motifs is 3. The second-order valence-electron chi connectivity index (χ2n) is 7.92. The first-order valence-corrected chi connectivity index (χ1v) is 10.8. The molecule has 0 aliphatic rings. The number of methoxy groups -OCH3 is 1. The number of anilines is 1. The van der Waals surface area contributed by atoms with Crippen LogP contribution in [0, 0.1) is 0 Å². The minimum absolute atomic E-state index is 0.0641. The topological polar surface area (TPSA) is 118 Å². The summed E-state index contributed by atoms with van der Waals surface area (Å²) in [6, 6.07) is 6.48. The molecule has 0 saturated heterocycles. The summed E-state index contributed by atoms with van der Waals surface area (Å²) in [5, 5.41) is 1.89. The molecular weight excluding hydrogens is 463 g/mol. The molecule has 35 heavy (non-hydrogen) atoms. The molecule has 4 aromatic rings. The molecule has 0 unspecified atom stereocenters. The first-order chi connectivity index (χ1) is 16.7. The highest BCUT2D eigenvalue weighted by atomic mass is 19.4. The number of ether oxygens (including phenoxy) is 3. The van der Waals surface area contributed by atoms with Gasteiger partial charge in [0, 0.05) is 40.8 Å². The molecule has 0 spiro atoms. The molecule has 0 saturated carbocycles. The van der Waals surface area contributed by atoms with E-state index in [0.717, 1.165) is 6.42 Å². The van der Waals surface area contributed by atoms with E-state index >= 15 is 0 Å². The molecule has 4 rings (SSSR count). The third kappa shape index (κ3) is 5.46. The van der Waals surface area contributed by atoms with Gasteiger partial charge in [-0.1, -0.05) is 6.92 Å². The third-order valence-electron chi connectivity index (χ3n) is 5.38. The summed E-state index contributed by atoms with van der Waals surface area (Å²) < 4.78 is 53.9. The SMILES string of the molecule is CC[C@H](N)COc1cncc(-c2cc3c(cnc4cc(OCC(F)(F)F)c(OC)cc43)c(N)n2)c1. The summed E-state index contributed by atoms with van der Waals surface area (Å²) in [5.74, 6) is 0.852. The van der Waals surface area contributed by atoms with Gasteiger partial charge in [0.25, 0.3) is 0 Å². The molecule has 1 aromatic carbocycles. The van der Waals surface area contributed by atoms with E-state index < -0.39 is 12.8 Å². The van der Waals surface area contributed by atoms with Gasteiger partial charge >= 0.3 is 6.18 Å². The zero-order valence-corrected chi connectivity index (χ0v) is 19.1. The lowest BCUT2D eigenvalue weighted by Gasteiger charge is -2.15. The molecule has 3 aromatic heterocycles. The van der Waals surface area contributed by atoms with Crippen molar-refractivity contribution in [3.8, 4) is 28.5 Å². The van der Waals surface area contributed by atoms with Crippen molar-refractivity contribution in [2.24, 2.45) is 5.73 Å². The first kappa shape index (κ1) is 24.3. The minimum atomic E-state index is -4.49. The van der Waals surface area contributed by atoms with Crippen LogP contribution in [-0.4, -0.2) is 47.5 Å². The molecule has 0 bridgehead atoms. The van der Waals surface area contributed by atoms with Gasteiger partial charge in [-0.2, -0.15) is 13.2 Å². The monoisotopic (exact) mass is 487 g/mol. The van der Waals surface area contributed by atoms with Crippen molar-refractivity contribution in [2.45, 2.75) is 25.6 Å². The first-order valence-electron chi connectivity index (χ1n) is 10.8. The van der Waals surface area contributed by atoms with Crippen LogP contribution in [0.25, 0.3) is 32.9 Å². The zero-order chi connectivity index (χ0) is 25.2. The van der Waals surface area contributed by atoms with Gasteiger partial charge < -0.3 is 25.7 Å². The maximum Gasteiger partial charge on any atom is 0.422 e. The fraction of sp³-hybridized carbons (Fsp3) is 0.292. The number of hydrogen-bond acceptors (Lipinski definition) is 8. The number of nitrogens with two attached hydrogens (primary N) is 2. The fourth-order valence-corrected chi connectivity index (χ4v) is 3.48. The molecule has 8 nitrogen and oxygen atoms in total. The Morgan fingerprint density at radius 2 is 1.77 bits per heavy atom. The van der Waals surface area contributed by atoms with Gasteiger partial charge in [-0.25, -0.2) is 4.98 Å². The molecule has 0 fully saturated rings. The Hall–Kier alpha value is -3.86. The van der Waals surface area contributed by atoms with Crippen LogP contribution in [0.1, 0.15) is 13.3 Å². The van der Waals surface area contributed by atoms with Crippen LogP contribution < -0.4 is 25.7 Å². The Bertz CT molecular complexity index is 1360. The van der Waals surface area contributed by atoms with E-state index in [4.69, 9.17) is 25.7 Å². The van der Waals surface area contributed by atoms with Crippen molar-refractivity contribution in [1.29, 1.82) is 0 Å². The summed E-state index contributed by atoms with van der Waals surface area (Å²) in [6.45, 7) is 0.881. The molecule has 0 aliphatic heterocycles. The highest BCUT2D eigenvalue weighted by Gasteiger charge is 2.29.